The highest BCUT2D eigenvalue weighted by atomic mass is 16.3. The molecule has 0 aliphatic carbocycles. The molecule has 1 aromatic heterocycles. The van der Waals surface area contributed by atoms with Crippen LogP contribution in [0.5, 0.6) is 0 Å². The summed E-state index contributed by atoms with van der Waals surface area (Å²) >= 11 is 0. The number of H-pyrrole nitrogens is 1. The predicted octanol–water partition coefficient (Wildman–Crippen LogP) is 0.670. The maximum Gasteiger partial charge on any atom is 0.0585 e. The van der Waals surface area contributed by atoms with Gasteiger partial charge in [0.1, 0.15) is 0 Å². The van der Waals surface area contributed by atoms with Crippen molar-refractivity contribution in [3.63, 3.8) is 0 Å². The molecule has 0 saturated heterocycles. The van der Waals surface area contributed by atoms with Crippen molar-refractivity contribution in [3.8, 4) is 0 Å². The van der Waals surface area contributed by atoms with Crippen molar-refractivity contribution in [1.29, 1.82) is 0 Å². The van der Waals surface area contributed by atoms with Gasteiger partial charge in [0.2, 0.25) is 0 Å². The number of allylic oxidation sites excluding steroid dienone is 1. The van der Waals surface area contributed by atoms with Crippen LogP contribution in [0.3, 0.4) is 0 Å². The summed E-state index contributed by atoms with van der Waals surface area (Å²) in [4.78, 5) is 3.17. The Balaban J connectivity index is 0.00000121. The Hall–Kier alpha value is -1.32. The molecule has 0 radical (unpaired) electrons. The zero-order valence-corrected chi connectivity index (χ0v) is 11.0. The minimum Gasteiger partial charge on any atom is -0.395 e. The van der Waals surface area contributed by atoms with Crippen molar-refractivity contribution in [1.82, 2.24) is 4.98 Å². The first-order chi connectivity index (χ1) is 8.22. The van der Waals surface area contributed by atoms with Crippen molar-refractivity contribution in [2.45, 2.75) is 33.2 Å². The van der Waals surface area contributed by atoms with Gasteiger partial charge in [0.05, 0.1) is 6.61 Å². The Kier molecular flexibility index (Phi) is 8.11. The first kappa shape index (κ1) is 15.7. The van der Waals surface area contributed by atoms with Crippen molar-refractivity contribution in [2.24, 2.45) is 5.73 Å². The van der Waals surface area contributed by atoms with Crippen molar-refractivity contribution >= 4 is 12.2 Å². The Bertz CT molecular complexity index is 432. The number of aromatic amines is 1. The standard InChI is InChI=1S/C12H18N2O.C2H6/c1-3-5-11-9(6-10(13)8-15)7-14-12(11)4-2;1-2/h3-5,7,10,14-15H,1,6,8,13H2,2H3;1-2H3/b11-5-,12-4+;. The Morgan fingerprint density at radius 1 is 1.53 bits per heavy atom. The third-order valence-corrected chi connectivity index (χ3v) is 2.33. The summed E-state index contributed by atoms with van der Waals surface area (Å²) < 4.78 is 0. The van der Waals surface area contributed by atoms with Gasteiger partial charge < -0.3 is 15.8 Å². The van der Waals surface area contributed by atoms with Gasteiger partial charge in [-0.05, 0) is 18.9 Å². The van der Waals surface area contributed by atoms with Crippen LogP contribution in [-0.2, 0) is 6.42 Å². The molecule has 1 heterocycles. The third-order valence-electron chi connectivity index (χ3n) is 2.33. The first-order valence-electron chi connectivity index (χ1n) is 6.04. The molecule has 0 saturated carbocycles. The fraction of sp³-hybridized carbons (Fsp3) is 0.429. The number of hydrogen-bond donors (Lipinski definition) is 3. The number of aromatic nitrogens is 1. The van der Waals surface area contributed by atoms with Gasteiger partial charge >= 0.3 is 0 Å². The molecule has 0 bridgehead atoms. The van der Waals surface area contributed by atoms with Crippen molar-refractivity contribution in [3.05, 3.63) is 35.0 Å². The van der Waals surface area contributed by atoms with Gasteiger partial charge in [0, 0.05) is 22.8 Å². The minimum atomic E-state index is -0.206. The smallest absolute Gasteiger partial charge is 0.0585 e. The van der Waals surface area contributed by atoms with E-state index in [1.807, 2.05) is 39.1 Å². The Morgan fingerprint density at radius 2 is 2.18 bits per heavy atom. The molecule has 0 fully saturated rings. The number of rotatable bonds is 4. The monoisotopic (exact) mass is 236 g/mol. The van der Waals surface area contributed by atoms with Crippen LogP contribution in [-0.4, -0.2) is 22.7 Å². The van der Waals surface area contributed by atoms with Gasteiger partial charge in [0.15, 0.2) is 0 Å². The van der Waals surface area contributed by atoms with E-state index < -0.39 is 0 Å². The van der Waals surface area contributed by atoms with E-state index in [4.69, 9.17) is 10.8 Å². The number of nitrogens with one attached hydrogen (secondary N) is 1. The summed E-state index contributed by atoms with van der Waals surface area (Å²) in [5.41, 5.74) is 6.82. The molecule has 0 aliphatic rings. The molecular weight excluding hydrogens is 212 g/mol. The number of aliphatic hydroxyl groups is 1. The van der Waals surface area contributed by atoms with Crippen LogP contribution >= 0.6 is 0 Å². The Labute approximate surface area is 103 Å². The summed E-state index contributed by atoms with van der Waals surface area (Å²) in [5, 5.41) is 11.1. The van der Waals surface area contributed by atoms with Crippen LogP contribution in [0.2, 0.25) is 0 Å². The second kappa shape index (κ2) is 8.79. The van der Waals surface area contributed by atoms with E-state index in [9.17, 15) is 0 Å². The second-order valence-electron chi connectivity index (χ2n) is 3.48. The quantitative estimate of drug-likeness (QED) is 0.719. The molecule has 3 heteroatoms. The SMILES string of the molecule is C=C/C=c1/c(CC(N)CO)c[nH]/c1=C/C.CC. The van der Waals surface area contributed by atoms with Gasteiger partial charge in [-0.25, -0.2) is 0 Å². The number of hydrogen-bond acceptors (Lipinski definition) is 2. The molecule has 0 aromatic carbocycles. The molecule has 96 valence electrons. The maximum absolute atomic E-state index is 8.91. The Morgan fingerprint density at radius 3 is 2.65 bits per heavy atom. The molecule has 1 rings (SSSR count). The van der Waals surface area contributed by atoms with E-state index in [1.54, 1.807) is 6.08 Å². The first-order valence-corrected chi connectivity index (χ1v) is 6.04. The minimum absolute atomic E-state index is 0.00385. The highest BCUT2D eigenvalue weighted by Crippen LogP contribution is 1.92. The van der Waals surface area contributed by atoms with Gasteiger partial charge in [0.25, 0.3) is 0 Å². The zero-order chi connectivity index (χ0) is 13.3. The lowest BCUT2D eigenvalue weighted by Gasteiger charge is -2.05. The number of aliphatic hydroxyl groups excluding tert-OH is 1. The van der Waals surface area contributed by atoms with Crippen LogP contribution in [0.4, 0.5) is 0 Å². The lowest BCUT2D eigenvalue weighted by atomic mass is 10.1. The molecule has 3 nitrogen and oxygen atoms in total. The highest BCUT2D eigenvalue weighted by Gasteiger charge is 2.04. The van der Waals surface area contributed by atoms with E-state index in [1.165, 1.54) is 0 Å². The van der Waals surface area contributed by atoms with Gasteiger partial charge in [-0.3, -0.25) is 0 Å². The molecule has 17 heavy (non-hydrogen) atoms. The zero-order valence-electron chi connectivity index (χ0n) is 11.0. The summed E-state index contributed by atoms with van der Waals surface area (Å²) in [5.74, 6) is 0. The van der Waals surface area contributed by atoms with E-state index in [2.05, 4.69) is 11.6 Å². The summed E-state index contributed by atoms with van der Waals surface area (Å²) in [6.07, 6.45) is 8.30. The fourth-order valence-electron chi connectivity index (χ4n) is 1.56. The lowest BCUT2D eigenvalue weighted by molar-refractivity contribution is 0.265. The van der Waals surface area contributed by atoms with E-state index in [0.717, 1.165) is 16.1 Å². The van der Waals surface area contributed by atoms with E-state index in [0.29, 0.717) is 6.42 Å². The molecule has 1 aromatic rings. The van der Waals surface area contributed by atoms with E-state index in [-0.39, 0.29) is 12.6 Å². The molecule has 0 amide bonds. The normalized spacial score (nSPS) is 14.2. The highest BCUT2D eigenvalue weighted by molar-refractivity contribution is 5.40. The molecular formula is C14H24N2O. The number of nitrogens with two attached hydrogens (primary N) is 1. The molecule has 1 unspecified atom stereocenters. The third kappa shape index (κ3) is 4.59. The topological polar surface area (TPSA) is 62.0 Å². The van der Waals surface area contributed by atoms with Crippen LogP contribution in [0.15, 0.2) is 18.9 Å². The predicted molar refractivity (Wildman–Crippen MR) is 75.0 cm³/mol. The summed E-state index contributed by atoms with van der Waals surface area (Å²) in [6.45, 7) is 9.67. The summed E-state index contributed by atoms with van der Waals surface area (Å²) in [6, 6.07) is -0.206. The molecule has 0 spiro atoms. The van der Waals surface area contributed by atoms with Crippen LogP contribution in [0, 0.1) is 0 Å². The fourth-order valence-corrected chi connectivity index (χ4v) is 1.56. The average molecular weight is 236 g/mol. The average Bonchev–Trinajstić information content (AvgIpc) is 2.74. The summed E-state index contributed by atoms with van der Waals surface area (Å²) in [7, 11) is 0. The molecule has 1 atom stereocenters. The maximum atomic E-state index is 8.91. The molecule has 4 N–H and O–H groups in total. The van der Waals surface area contributed by atoms with Crippen molar-refractivity contribution < 1.29 is 5.11 Å². The van der Waals surface area contributed by atoms with Crippen LogP contribution < -0.4 is 16.3 Å². The molecule has 0 aliphatic heterocycles. The van der Waals surface area contributed by atoms with Crippen molar-refractivity contribution in [2.75, 3.05) is 6.61 Å². The van der Waals surface area contributed by atoms with Gasteiger partial charge in [-0.2, -0.15) is 0 Å². The van der Waals surface area contributed by atoms with Gasteiger partial charge in [-0.1, -0.05) is 38.7 Å². The van der Waals surface area contributed by atoms with E-state index >= 15 is 0 Å². The second-order valence-corrected chi connectivity index (χ2v) is 3.48. The van der Waals surface area contributed by atoms with Crippen LogP contribution in [0.25, 0.3) is 12.2 Å². The van der Waals surface area contributed by atoms with Gasteiger partial charge in [-0.15, -0.1) is 0 Å². The largest absolute Gasteiger partial charge is 0.395 e. The van der Waals surface area contributed by atoms with Crippen LogP contribution in [0.1, 0.15) is 26.3 Å². The lowest BCUT2D eigenvalue weighted by Crippen LogP contribution is -2.31.